The van der Waals surface area contributed by atoms with E-state index < -0.39 is 11.8 Å². The van der Waals surface area contributed by atoms with Gasteiger partial charge >= 0.3 is 0 Å². The van der Waals surface area contributed by atoms with E-state index in [4.69, 9.17) is 10.5 Å². The Morgan fingerprint density at radius 1 is 0.923 bits per heavy atom. The van der Waals surface area contributed by atoms with Crippen molar-refractivity contribution in [1.29, 1.82) is 0 Å². The van der Waals surface area contributed by atoms with Gasteiger partial charge in [-0.25, -0.2) is 0 Å². The third-order valence-electron chi connectivity index (χ3n) is 7.86. The van der Waals surface area contributed by atoms with E-state index in [2.05, 4.69) is 60.7 Å². The second-order valence-electron chi connectivity index (χ2n) is 12.6. The molecule has 0 spiro atoms. The first-order chi connectivity index (χ1) is 18.3. The summed E-state index contributed by atoms with van der Waals surface area (Å²) >= 11 is 3.57. The average molecular weight is 592 g/mol. The van der Waals surface area contributed by atoms with Crippen LogP contribution in [-0.2, 0) is 20.9 Å². The predicted octanol–water partition coefficient (Wildman–Crippen LogP) is 6.20. The van der Waals surface area contributed by atoms with Crippen LogP contribution in [0, 0.1) is 10.8 Å². The number of hydrogen-bond donors (Lipinski definition) is 1. The van der Waals surface area contributed by atoms with Crippen molar-refractivity contribution in [3.05, 3.63) is 86.7 Å². The smallest absolute Gasteiger partial charge is 0.255 e. The van der Waals surface area contributed by atoms with E-state index in [9.17, 15) is 14.4 Å². The van der Waals surface area contributed by atoms with Crippen molar-refractivity contribution in [2.45, 2.75) is 65.8 Å². The molecule has 0 atom stereocenters. The molecular weight excluding hydrogens is 556 g/mol. The third kappa shape index (κ3) is 5.46. The first-order valence-electron chi connectivity index (χ1n) is 13.4. The third-order valence-corrected chi connectivity index (χ3v) is 8.48. The van der Waals surface area contributed by atoms with E-state index in [1.165, 1.54) is 0 Å². The SMILES string of the molecule is CC1(C)CC(=O)C2=C(C1)N(Cc1ccccc1)C1=C(C(=O)CC(C)(C)C1)C2c1ccc(OCC(N)=O)c(Br)c1. The number of ketones is 2. The molecule has 0 unspecified atom stereocenters. The van der Waals surface area contributed by atoms with Crippen LogP contribution in [0.1, 0.15) is 70.4 Å². The molecular formula is C32H35BrN2O4. The maximum Gasteiger partial charge on any atom is 0.255 e. The molecule has 0 bridgehead atoms. The van der Waals surface area contributed by atoms with Crippen LogP contribution in [0.3, 0.4) is 0 Å². The molecule has 6 nitrogen and oxygen atoms in total. The van der Waals surface area contributed by atoms with Crippen LogP contribution >= 0.6 is 15.9 Å². The summed E-state index contributed by atoms with van der Waals surface area (Å²) in [5.41, 5.74) is 10.4. The predicted molar refractivity (Wildman–Crippen MR) is 154 cm³/mol. The summed E-state index contributed by atoms with van der Waals surface area (Å²) in [6, 6.07) is 15.8. The quantitative estimate of drug-likeness (QED) is 0.432. The Labute approximate surface area is 238 Å². The number of rotatable bonds is 6. The van der Waals surface area contributed by atoms with Crippen molar-refractivity contribution < 1.29 is 19.1 Å². The molecule has 2 N–H and O–H groups in total. The van der Waals surface area contributed by atoms with Crippen LogP contribution < -0.4 is 10.5 Å². The van der Waals surface area contributed by atoms with Gasteiger partial charge in [0.05, 0.1) is 4.47 Å². The van der Waals surface area contributed by atoms with Crippen molar-refractivity contribution in [3.8, 4) is 5.75 Å². The maximum atomic E-state index is 14.0. The number of halogens is 1. The Hall–Kier alpha value is -3.19. The minimum absolute atomic E-state index is 0.0960. The Bertz CT molecular complexity index is 1370. The minimum atomic E-state index is -0.563. The molecule has 204 valence electrons. The zero-order valence-electron chi connectivity index (χ0n) is 23.0. The highest BCUT2D eigenvalue weighted by molar-refractivity contribution is 9.10. The Kier molecular flexibility index (Phi) is 7.08. The van der Waals surface area contributed by atoms with Crippen LogP contribution in [0.4, 0.5) is 0 Å². The molecule has 1 amide bonds. The molecule has 0 saturated carbocycles. The highest BCUT2D eigenvalue weighted by Gasteiger charge is 2.49. The molecule has 3 aliphatic rings. The summed E-state index contributed by atoms with van der Waals surface area (Å²) in [7, 11) is 0. The van der Waals surface area contributed by atoms with Crippen LogP contribution in [0.5, 0.6) is 5.75 Å². The van der Waals surface area contributed by atoms with Gasteiger partial charge < -0.3 is 15.4 Å². The van der Waals surface area contributed by atoms with Gasteiger partial charge in [-0.05, 0) is 62.9 Å². The zero-order chi connectivity index (χ0) is 28.1. The van der Waals surface area contributed by atoms with Gasteiger partial charge in [0.1, 0.15) is 5.75 Å². The molecule has 0 radical (unpaired) electrons. The largest absolute Gasteiger partial charge is 0.483 e. The lowest BCUT2D eigenvalue weighted by Crippen LogP contribution is -2.44. The first-order valence-corrected chi connectivity index (χ1v) is 14.2. The van der Waals surface area contributed by atoms with Crippen molar-refractivity contribution >= 4 is 33.4 Å². The molecule has 7 heteroatoms. The van der Waals surface area contributed by atoms with Crippen molar-refractivity contribution in [2.24, 2.45) is 16.6 Å². The lowest BCUT2D eigenvalue weighted by atomic mass is 9.63. The molecule has 1 aliphatic heterocycles. The number of nitrogens with zero attached hydrogens (tertiary/aromatic N) is 1. The molecule has 1 heterocycles. The number of nitrogens with two attached hydrogens (primary N) is 1. The number of amides is 1. The molecule has 39 heavy (non-hydrogen) atoms. The van der Waals surface area contributed by atoms with E-state index in [1.54, 1.807) is 6.07 Å². The molecule has 0 aromatic heterocycles. The second kappa shape index (κ2) is 10.1. The summed E-state index contributed by atoms with van der Waals surface area (Å²) < 4.78 is 6.19. The summed E-state index contributed by atoms with van der Waals surface area (Å²) in [5.74, 6) is -0.338. The van der Waals surface area contributed by atoms with E-state index in [-0.39, 0.29) is 29.0 Å². The summed E-state index contributed by atoms with van der Waals surface area (Å²) in [4.78, 5) is 41.4. The Balaban J connectivity index is 1.70. The number of hydrogen-bond acceptors (Lipinski definition) is 5. The molecule has 2 aromatic rings. The Morgan fingerprint density at radius 2 is 1.49 bits per heavy atom. The van der Waals surface area contributed by atoms with Gasteiger partial charge in [0.15, 0.2) is 18.2 Å². The zero-order valence-corrected chi connectivity index (χ0v) is 24.6. The highest BCUT2D eigenvalue weighted by Crippen LogP contribution is 2.55. The fourth-order valence-electron chi connectivity index (χ4n) is 6.30. The van der Waals surface area contributed by atoms with Gasteiger partial charge in [0.2, 0.25) is 0 Å². The van der Waals surface area contributed by atoms with Gasteiger partial charge in [-0.1, -0.05) is 64.1 Å². The molecule has 2 aliphatic carbocycles. The first kappa shape index (κ1) is 27.4. The molecule has 0 saturated heterocycles. The van der Waals surface area contributed by atoms with Gasteiger partial charge in [-0.15, -0.1) is 0 Å². The number of Topliss-reactive ketones (excluding diaryl/α,β-unsaturated/α-hetero) is 2. The fraction of sp³-hybridized carbons (Fsp3) is 0.406. The van der Waals surface area contributed by atoms with E-state index in [1.807, 2.05) is 30.3 Å². The van der Waals surface area contributed by atoms with Crippen molar-refractivity contribution in [2.75, 3.05) is 6.61 Å². The molecule has 0 fully saturated rings. The van der Waals surface area contributed by atoms with Gasteiger partial charge in [0, 0.05) is 47.8 Å². The number of primary amides is 1. The maximum absolute atomic E-state index is 14.0. The average Bonchev–Trinajstić information content (AvgIpc) is 2.83. The fourth-order valence-corrected chi connectivity index (χ4v) is 6.81. The molecule has 5 rings (SSSR count). The second-order valence-corrected chi connectivity index (χ2v) is 13.4. The van der Waals surface area contributed by atoms with E-state index in [0.29, 0.717) is 29.6 Å². The lowest BCUT2D eigenvalue weighted by Gasteiger charge is -2.49. The van der Waals surface area contributed by atoms with Gasteiger partial charge in [-0.3, -0.25) is 14.4 Å². The lowest BCUT2D eigenvalue weighted by molar-refractivity contribution is -0.121. The minimum Gasteiger partial charge on any atom is -0.483 e. The van der Waals surface area contributed by atoms with Crippen LogP contribution in [0.15, 0.2) is 75.5 Å². The van der Waals surface area contributed by atoms with Crippen LogP contribution in [0.2, 0.25) is 0 Å². The van der Waals surface area contributed by atoms with Crippen molar-refractivity contribution in [3.63, 3.8) is 0 Å². The van der Waals surface area contributed by atoms with E-state index >= 15 is 0 Å². The summed E-state index contributed by atoms with van der Waals surface area (Å²) in [5, 5.41) is 0. The summed E-state index contributed by atoms with van der Waals surface area (Å²) in [6.45, 7) is 8.96. The van der Waals surface area contributed by atoms with Crippen LogP contribution in [0.25, 0.3) is 0 Å². The number of benzene rings is 2. The number of ether oxygens (including phenoxy) is 1. The molecule has 2 aromatic carbocycles. The number of allylic oxidation sites excluding steroid dienone is 4. The topological polar surface area (TPSA) is 89.7 Å². The number of carbonyl (C=O) groups excluding carboxylic acids is 3. The van der Waals surface area contributed by atoms with Crippen molar-refractivity contribution in [1.82, 2.24) is 4.90 Å². The number of carbonyl (C=O) groups is 3. The normalized spacial score (nSPS) is 20.6. The summed E-state index contributed by atoms with van der Waals surface area (Å²) in [6.07, 6.45) is 2.38. The monoisotopic (exact) mass is 590 g/mol. The van der Waals surface area contributed by atoms with Gasteiger partial charge in [-0.2, -0.15) is 0 Å². The highest BCUT2D eigenvalue weighted by atomic mass is 79.9. The van der Waals surface area contributed by atoms with E-state index in [0.717, 1.165) is 46.5 Å². The standard InChI is InChI=1S/C32H35BrN2O4/c1-31(2)13-22-29(24(36)15-31)28(20-10-11-26(21(33)12-20)39-18-27(34)38)30-23(14-32(3,4)16-25(30)37)35(22)17-19-8-6-5-7-9-19/h5-12,28H,13-18H2,1-4H3,(H2,34,38). The van der Waals surface area contributed by atoms with Gasteiger partial charge in [0.25, 0.3) is 5.91 Å². The van der Waals surface area contributed by atoms with Crippen LogP contribution in [-0.4, -0.2) is 29.0 Å². The Morgan fingerprint density at radius 3 is 2.00 bits per heavy atom.